The van der Waals surface area contributed by atoms with Crippen molar-refractivity contribution in [2.24, 2.45) is 0 Å². The molecular weight excluding hydrogens is 324 g/mol. The maximum atomic E-state index is 12.4. The number of hydrogen-bond donors (Lipinski definition) is 1. The molecule has 0 spiro atoms. The first-order valence-electron chi connectivity index (χ1n) is 8.93. The highest BCUT2D eigenvalue weighted by atomic mass is 16.2. The van der Waals surface area contributed by atoms with E-state index in [-0.39, 0.29) is 6.03 Å². The van der Waals surface area contributed by atoms with Crippen LogP contribution in [0.1, 0.15) is 29.5 Å². The number of urea groups is 1. The summed E-state index contributed by atoms with van der Waals surface area (Å²) in [7, 11) is 1.76. The fourth-order valence-corrected chi connectivity index (χ4v) is 3.30. The standard InChI is InChI=1S/C21H24N4O/c1-16-13-19(9-10-20(16)25-11-3-4-12-25)23-21(26)24(2)15-18-7-5-17(14-22)6-8-18/h5-10,13H,3-4,11-12,15H2,1-2H3,(H,23,26). The number of benzene rings is 2. The van der Waals surface area contributed by atoms with E-state index in [1.54, 1.807) is 24.1 Å². The van der Waals surface area contributed by atoms with Crippen LogP contribution in [-0.2, 0) is 6.54 Å². The Labute approximate surface area is 154 Å². The molecule has 1 fully saturated rings. The van der Waals surface area contributed by atoms with Crippen molar-refractivity contribution in [1.29, 1.82) is 5.26 Å². The highest BCUT2D eigenvalue weighted by molar-refractivity contribution is 5.89. The van der Waals surface area contributed by atoms with E-state index < -0.39 is 0 Å². The molecule has 0 saturated carbocycles. The number of anilines is 2. The van der Waals surface area contributed by atoms with Crippen LogP contribution >= 0.6 is 0 Å². The van der Waals surface area contributed by atoms with Gasteiger partial charge in [0.15, 0.2) is 0 Å². The number of amides is 2. The Hall–Kier alpha value is -3.00. The van der Waals surface area contributed by atoms with Crippen molar-refractivity contribution in [2.75, 3.05) is 30.4 Å². The maximum absolute atomic E-state index is 12.4. The molecule has 5 nitrogen and oxygen atoms in total. The Kier molecular flexibility index (Phi) is 5.43. The predicted octanol–water partition coefficient (Wildman–Crippen LogP) is 4.13. The van der Waals surface area contributed by atoms with Crippen molar-refractivity contribution in [1.82, 2.24) is 4.90 Å². The quantitative estimate of drug-likeness (QED) is 0.904. The van der Waals surface area contributed by atoms with Gasteiger partial charge in [-0.3, -0.25) is 0 Å². The summed E-state index contributed by atoms with van der Waals surface area (Å²) in [6.07, 6.45) is 2.50. The van der Waals surface area contributed by atoms with Crippen molar-refractivity contribution < 1.29 is 4.79 Å². The molecule has 2 aromatic carbocycles. The summed E-state index contributed by atoms with van der Waals surface area (Å²) in [5.74, 6) is 0. The van der Waals surface area contributed by atoms with Gasteiger partial charge in [0.25, 0.3) is 0 Å². The first-order valence-corrected chi connectivity index (χ1v) is 8.93. The lowest BCUT2D eigenvalue weighted by Gasteiger charge is -2.22. The largest absolute Gasteiger partial charge is 0.371 e. The number of rotatable bonds is 4. The van der Waals surface area contributed by atoms with Gasteiger partial charge in [-0.15, -0.1) is 0 Å². The van der Waals surface area contributed by atoms with E-state index in [9.17, 15) is 4.79 Å². The predicted molar refractivity (Wildman–Crippen MR) is 104 cm³/mol. The van der Waals surface area contributed by atoms with Crippen molar-refractivity contribution in [3.63, 3.8) is 0 Å². The van der Waals surface area contributed by atoms with E-state index in [0.29, 0.717) is 12.1 Å². The second-order valence-corrected chi connectivity index (χ2v) is 6.79. The molecule has 0 atom stereocenters. The zero-order valence-electron chi connectivity index (χ0n) is 15.3. The second-order valence-electron chi connectivity index (χ2n) is 6.79. The van der Waals surface area contributed by atoms with E-state index in [2.05, 4.69) is 29.3 Å². The van der Waals surface area contributed by atoms with E-state index in [1.165, 1.54) is 24.1 Å². The molecule has 0 aromatic heterocycles. The van der Waals surface area contributed by atoms with E-state index in [0.717, 1.165) is 24.3 Å². The highest BCUT2D eigenvalue weighted by Gasteiger charge is 2.15. The Morgan fingerprint density at radius 3 is 2.50 bits per heavy atom. The molecule has 1 N–H and O–H groups in total. The molecule has 2 amide bonds. The van der Waals surface area contributed by atoms with Crippen LogP contribution in [0.2, 0.25) is 0 Å². The molecule has 0 unspecified atom stereocenters. The van der Waals surface area contributed by atoms with Crippen LogP contribution < -0.4 is 10.2 Å². The zero-order valence-corrected chi connectivity index (χ0v) is 15.3. The smallest absolute Gasteiger partial charge is 0.321 e. The Morgan fingerprint density at radius 1 is 1.19 bits per heavy atom. The summed E-state index contributed by atoms with van der Waals surface area (Å²) in [6.45, 7) is 4.80. The minimum absolute atomic E-state index is 0.150. The lowest BCUT2D eigenvalue weighted by molar-refractivity contribution is 0.220. The molecule has 0 bridgehead atoms. The normalized spacial score (nSPS) is 13.3. The van der Waals surface area contributed by atoms with Gasteiger partial charge in [-0.05, 0) is 61.2 Å². The van der Waals surface area contributed by atoms with Crippen molar-refractivity contribution >= 4 is 17.4 Å². The van der Waals surface area contributed by atoms with Gasteiger partial charge in [-0.1, -0.05) is 12.1 Å². The van der Waals surface area contributed by atoms with Crippen molar-refractivity contribution in [2.45, 2.75) is 26.3 Å². The van der Waals surface area contributed by atoms with Crippen LogP contribution in [0.4, 0.5) is 16.2 Å². The molecule has 1 heterocycles. The van der Waals surface area contributed by atoms with E-state index in [4.69, 9.17) is 5.26 Å². The minimum atomic E-state index is -0.150. The number of nitriles is 1. The molecule has 5 heteroatoms. The Bertz CT molecular complexity index is 817. The van der Waals surface area contributed by atoms with Crippen LogP contribution in [0.3, 0.4) is 0 Å². The molecule has 1 aliphatic rings. The lowest BCUT2D eigenvalue weighted by Crippen LogP contribution is -2.30. The van der Waals surface area contributed by atoms with Gasteiger partial charge in [0.2, 0.25) is 0 Å². The monoisotopic (exact) mass is 348 g/mol. The van der Waals surface area contributed by atoms with Gasteiger partial charge in [0.1, 0.15) is 0 Å². The SMILES string of the molecule is Cc1cc(NC(=O)N(C)Cc2ccc(C#N)cc2)ccc1N1CCCC1. The second kappa shape index (κ2) is 7.92. The van der Waals surface area contributed by atoms with Crippen LogP contribution in [-0.4, -0.2) is 31.1 Å². The fraction of sp³-hybridized carbons (Fsp3) is 0.333. The summed E-state index contributed by atoms with van der Waals surface area (Å²) < 4.78 is 0. The third-order valence-electron chi connectivity index (χ3n) is 4.74. The zero-order chi connectivity index (χ0) is 18.5. The molecule has 134 valence electrons. The third kappa shape index (κ3) is 4.15. The molecule has 3 rings (SSSR count). The van der Waals surface area contributed by atoms with E-state index in [1.807, 2.05) is 24.3 Å². The molecule has 26 heavy (non-hydrogen) atoms. The van der Waals surface area contributed by atoms with Crippen LogP contribution in [0.25, 0.3) is 0 Å². The number of aryl methyl sites for hydroxylation is 1. The van der Waals surface area contributed by atoms with E-state index >= 15 is 0 Å². The van der Waals surface area contributed by atoms with Crippen LogP contribution in [0.5, 0.6) is 0 Å². The molecule has 0 radical (unpaired) electrons. The van der Waals surface area contributed by atoms with Crippen molar-refractivity contribution in [3.8, 4) is 6.07 Å². The summed E-state index contributed by atoms with van der Waals surface area (Å²) in [5, 5.41) is 11.8. The number of carbonyl (C=O) groups is 1. The fourth-order valence-electron chi connectivity index (χ4n) is 3.30. The number of carbonyl (C=O) groups excluding carboxylic acids is 1. The Balaban J connectivity index is 1.61. The summed E-state index contributed by atoms with van der Waals surface area (Å²) in [5.41, 5.74) is 4.85. The lowest BCUT2D eigenvalue weighted by atomic mass is 10.1. The maximum Gasteiger partial charge on any atom is 0.321 e. The number of nitrogens with one attached hydrogen (secondary N) is 1. The summed E-state index contributed by atoms with van der Waals surface area (Å²) in [6, 6.07) is 15.3. The Morgan fingerprint density at radius 2 is 1.88 bits per heavy atom. The van der Waals surface area contributed by atoms with Crippen molar-refractivity contribution in [3.05, 3.63) is 59.2 Å². The topological polar surface area (TPSA) is 59.4 Å². The molecule has 2 aromatic rings. The van der Waals surface area contributed by atoms with Gasteiger partial charge in [0, 0.05) is 38.1 Å². The summed E-state index contributed by atoms with van der Waals surface area (Å²) >= 11 is 0. The molecule has 1 saturated heterocycles. The highest BCUT2D eigenvalue weighted by Crippen LogP contribution is 2.26. The summed E-state index contributed by atoms with van der Waals surface area (Å²) in [4.78, 5) is 16.5. The van der Waals surface area contributed by atoms with Gasteiger partial charge in [-0.25, -0.2) is 4.79 Å². The number of hydrogen-bond acceptors (Lipinski definition) is 3. The minimum Gasteiger partial charge on any atom is -0.371 e. The van der Waals surface area contributed by atoms with Crippen LogP contribution in [0, 0.1) is 18.3 Å². The average Bonchev–Trinajstić information content (AvgIpc) is 3.16. The molecule has 1 aliphatic heterocycles. The van der Waals surface area contributed by atoms with Gasteiger partial charge in [0.05, 0.1) is 11.6 Å². The first-order chi connectivity index (χ1) is 12.6. The first kappa shape index (κ1) is 17.8. The van der Waals surface area contributed by atoms with Crippen LogP contribution in [0.15, 0.2) is 42.5 Å². The molecule has 0 aliphatic carbocycles. The van der Waals surface area contributed by atoms with Gasteiger partial charge >= 0.3 is 6.03 Å². The van der Waals surface area contributed by atoms with Gasteiger partial charge in [-0.2, -0.15) is 5.26 Å². The third-order valence-corrected chi connectivity index (χ3v) is 4.74. The molecular formula is C21H24N4O. The number of nitrogens with zero attached hydrogens (tertiary/aromatic N) is 3. The average molecular weight is 348 g/mol. The van der Waals surface area contributed by atoms with Gasteiger partial charge < -0.3 is 15.1 Å².